The van der Waals surface area contributed by atoms with Crippen molar-refractivity contribution in [2.75, 3.05) is 4.90 Å². The molecule has 2 aliphatic carbocycles. The van der Waals surface area contributed by atoms with Crippen molar-refractivity contribution in [2.45, 2.75) is 31.6 Å². The van der Waals surface area contributed by atoms with Crippen LogP contribution in [-0.4, -0.2) is 0 Å². The van der Waals surface area contributed by atoms with Crippen molar-refractivity contribution in [3.8, 4) is 22.3 Å². The lowest BCUT2D eigenvalue weighted by molar-refractivity contribution is 0.638. The number of nitrogens with zero attached hydrogens (tertiary/aromatic N) is 1. The number of hydrogen-bond donors (Lipinski definition) is 0. The average molecular weight is 736 g/mol. The Morgan fingerprint density at radius 3 is 1.82 bits per heavy atom. The van der Waals surface area contributed by atoms with Crippen molar-refractivity contribution >= 4 is 70.5 Å². The summed E-state index contributed by atoms with van der Waals surface area (Å²) < 4.78 is 9.68. The molecule has 0 saturated carbocycles. The minimum atomic E-state index is -0.385. The molecule has 56 heavy (non-hydrogen) atoms. The first-order chi connectivity index (χ1) is 27.4. The fourth-order valence-electron chi connectivity index (χ4n) is 10.3. The van der Waals surface area contributed by atoms with E-state index in [9.17, 15) is 0 Å². The quantitative estimate of drug-likeness (QED) is 0.179. The molecule has 0 unspecified atom stereocenters. The maximum atomic E-state index is 7.11. The zero-order valence-electron chi connectivity index (χ0n) is 31.4. The topological polar surface area (TPSA) is 16.4 Å². The van der Waals surface area contributed by atoms with Crippen molar-refractivity contribution in [3.63, 3.8) is 0 Å². The monoisotopic (exact) mass is 735 g/mol. The number of anilines is 3. The fraction of sp³-hybridized carbons (Fsp3) is 0.0943. The Kier molecular flexibility index (Phi) is 6.44. The van der Waals surface area contributed by atoms with Crippen molar-refractivity contribution < 1.29 is 4.42 Å². The summed E-state index contributed by atoms with van der Waals surface area (Å²) in [4.78, 5) is 2.50. The highest BCUT2D eigenvalue weighted by atomic mass is 32.1. The Hall–Kier alpha value is -6.42. The van der Waals surface area contributed by atoms with Gasteiger partial charge >= 0.3 is 0 Å². The SMILES string of the molecule is CC1(C)c2ccccc2-c2ccc(N(c3cccc4c3sc3ccccc34)c3cccc4oc5c(C6(C)c7ccccc7-c7ccccc76)cccc5c34)cc21. The Morgan fingerprint density at radius 1 is 0.464 bits per heavy atom. The molecular weight excluding hydrogens is 699 g/mol. The highest BCUT2D eigenvalue weighted by Crippen LogP contribution is 2.56. The Morgan fingerprint density at radius 2 is 1.04 bits per heavy atom. The van der Waals surface area contributed by atoms with Gasteiger partial charge in [-0.05, 0) is 87.8 Å². The summed E-state index contributed by atoms with van der Waals surface area (Å²) in [5, 5.41) is 4.81. The second kappa shape index (κ2) is 11.3. The third-order valence-electron chi connectivity index (χ3n) is 13.0. The Balaban J connectivity index is 1.14. The zero-order chi connectivity index (χ0) is 37.3. The van der Waals surface area contributed by atoms with Gasteiger partial charge in [-0.15, -0.1) is 11.3 Å². The van der Waals surface area contributed by atoms with Crippen LogP contribution in [-0.2, 0) is 10.8 Å². The van der Waals surface area contributed by atoms with E-state index in [-0.39, 0.29) is 10.8 Å². The van der Waals surface area contributed by atoms with Crippen LogP contribution >= 0.6 is 11.3 Å². The third kappa shape index (κ3) is 4.11. The Bertz CT molecular complexity index is 3220. The molecule has 0 bridgehead atoms. The molecule has 0 aliphatic heterocycles. The molecule has 0 fully saturated rings. The van der Waals surface area contributed by atoms with Crippen molar-refractivity contribution in [1.29, 1.82) is 0 Å². The molecule has 0 atom stereocenters. The molecule has 10 aromatic rings. The summed E-state index contributed by atoms with van der Waals surface area (Å²) in [7, 11) is 0. The van der Waals surface area contributed by atoms with Gasteiger partial charge in [0, 0.05) is 42.9 Å². The molecule has 0 spiro atoms. The molecule has 0 amide bonds. The summed E-state index contributed by atoms with van der Waals surface area (Å²) in [5.74, 6) is 0. The normalized spacial score (nSPS) is 14.6. The van der Waals surface area contributed by atoms with E-state index in [1.54, 1.807) is 0 Å². The number of benzene rings is 8. The van der Waals surface area contributed by atoms with Gasteiger partial charge < -0.3 is 9.32 Å². The second-order valence-corrected chi connectivity index (χ2v) is 17.2. The molecule has 2 aromatic heterocycles. The van der Waals surface area contributed by atoms with Crippen LogP contribution in [0.1, 0.15) is 48.6 Å². The second-order valence-electron chi connectivity index (χ2n) is 16.1. The van der Waals surface area contributed by atoms with Crippen LogP contribution in [0.15, 0.2) is 174 Å². The maximum Gasteiger partial charge on any atom is 0.139 e. The van der Waals surface area contributed by atoms with E-state index in [2.05, 4.69) is 196 Å². The molecule has 0 radical (unpaired) electrons. The molecule has 12 rings (SSSR count). The number of para-hydroxylation sites is 1. The molecule has 2 nitrogen and oxygen atoms in total. The van der Waals surface area contributed by atoms with Crippen LogP contribution in [0, 0.1) is 0 Å². The van der Waals surface area contributed by atoms with E-state index in [0.29, 0.717) is 0 Å². The van der Waals surface area contributed by atoms with E-state index in [0.717, 1.165) is 33.3 Å². The first kappa shape index (κ1) is 31.9. The van der Waals surface area contributed by atoms with Crippen molar-refractivity contribution in [2.24, 2.45) is 0 Å². The molecule has 0 N–H and O–H groups in total. The first-order valence-electron chi connectivity index (χ1n) is 19.5. The van der Waals surface area contributed by atoms with Gasteiger partial charge in [-0.3, -0.25) is 0 Å². The number of thiophene rings is 1. The molecule has 266 valence electrons. The van der Waals surface area contributed by atoms with Gasteiger partial charge in [-0.25, -0.2) is 0 Å². The van der Waals surface area contributed by atoms with Gasteiger partial charge in [0.2, 0.25) is 0 Å². The number of fused-ring (bicyclic) bond motifs is 12. The summed E-state index contributed by atoms with van der Waals surface area (Å²) in [6.07, 6.45) is 0. The predicted octanol–water partition coefficient (Wildman–Crippen LogP) is 15.1. The lowest BCUT2D eigenvalue weighted by Crippen LogP contribution is -2.22. The van der Waals surface area contributed by atoms with E-state index >= 15 is 0 Å². The van der Waals surface area contributed by atoms with Crippen molar-refractivity contribution in [3.05, 3.63) is 198 Å². The maximum absolute atomic E-state index is 7.11. The van der Waals surface area contributed by atoms with Crippen LogP contribution in [0.4, 0.5) is 17.1 Å². The minimum absolute atomic E-state index is 0.135. The Labute approximate surface area is 329 Å². The van der Waals surface area contributed by atoms with Crippen LogP contribution in [0.25, 0.3) is 64.4 Å². The smallest absolute Gasteiger partial charge is 0.139 e. The van der Waals surface area contributed by atoms with Crippen LogP contribution in [0.2, 0.25) is 0 Å². The van der Waals surface area contributed by atoms with Gasteiger partial charge in [0.25, 0.3) is 0 Å². The summed E-state index contributed by atoms with van der Waals surface area (Å²) in [6.45, 7) is 7.10. The lowest BCUT2D eigenvalue weighted by Gasteiger charge is -2.29. The van der Waals surface area contributed by atoms with E-state index in [1.807, 2.05) is 11.3 Å². The lowest BCUT2D eigenvalue weighted by atomic mass is 9.74. The van der Waals surface area contributed by atoms with Gasteiger partial charge in [-0.2, -0.15) is 0 Å². The first-order valence-corrected chi connectivity index (χ1v) is 20.3. The fourth-order valence-corrected chi connectivity index (χ4v) is 11.5. The summed E-state index contributed by atoms with van der Waals surface area (Å²) in [6, 6.07) is 62.7. The average Bonchev–Trinajstić information content (AvgIpc) is 3.95. The number of hydrogen-bond acceptors (Lipinski definition) is 3. The largest absolute Gasteiger partial charge is 0.456 e. The molecule has 8 aromatic carbocycles. The standard InChI is InChI=1S/C53H37NOS/c1-52(2)40-21-8-4-15-33(40)36-30-29-32(31-44(36)52)54(46-26-13-19-38-37-18-7-11-28-48(37)56-51(38)46)45-25-14-27-47-49(45)39-20-12-24-43(50(39)55-47)53(3)41-22-9-5-16-34(41)35-17-6-10-23-42(35)53/h4-31H,1-3H3. The van der Waals surface area contributed by atoms with Gasteiger partial charge in [0.05, 0.1) is 21.5 Å². The van der Waals surface area contributed by atoms with Gasteiger partial charge in [0.1, 0.15) is 11.2 Å². The van der Waals surface area contributed by atoms with Crippen LogP contribution in [0.3, 0.4) is 0 Å². The number of rotatable bonds is 4. The minimum Gasteiger partial charge on any atom is -0.456 e. The molecule has 2 aliphatic rings. The van der Waals surface area contributed by atoms with Gasteiger partial charge in [-0.1, -0.05) is 147 Å². The molecule has 2 heterocycles. The molecule has 0 saturated heterocycles. The van der Waals surface area contributed by atoms with Crippen LogP contribution < -0.4 is 4.90 Å². The third-order valence-corrected chi connectivity index (χ3v) is 14.2. The molecular formula is C53H37NOS. The highest BCUT2D eigenvalue weighted by Gasteiger charge is 2.42. The predicted molar refractivity (Wildman–Crippen MR) is 236 cm³/mol. The summed E-state index contributed by atoms with van der Waals surface area (Å²) >= 11 is 1.87. The van der Waals surface area contributed by atoms with Crippen molar-refractivity contribution in [1.82, 2.24) is 0 Å². The van der Waals surface area contributed by atoms with Crippen LogP contribution in [0.5, 0.6) is 0 Å². The number of furan rings is 1. The van der Waals surface area contributed by atoms with Gasteiger partial charge in [0.15, 0.2) is 0 Å². The zero-order valence-corrected chi connectivity index (χ0v) is 32.2. The van der Waals surface area contributed by atoms with E-state index in [4.69, 9.17) is 4.42 Å². The van der Waals surface area contributed by atoms with E-state index < -0.39 is 0 Å². The highest BCUT2D eigenvalue weighted by molar-refractivity contribution is 7.26. The van der Waals surface area contributed by atoms with E-state index in [1.165, 1.54) is 75.9 Å². The summed E-state index contributed by atoms with van der Waals surface area (Å²) in [5.41, 5.74) is 16.5. The molecule has 3 heteroatoms.